The molecule has 0 bridgehead atoms. The molecule has 0 unspecified atom stereocenters. The Labute approximate surface area is 139 Å². The molecule has 2 rings (SSSR count). The van der Waals surface area contributed by atoms with Crippen LogP contribution >= 0.6 is 27.3 Å². The zero-order valence-corrected chi connectivity index (χ0v) is 15.2. The van der Waals surface area contributed by atoms with E-state index in [4.69, 9.17) is 0 Å². The first kappa shape index (κ1) is 16.5. The molecule has 1 aromatic heterocycles. The van der Waals surface area contributed by atoms with Crippen LogP contribution in [0.5, 0.6) is 0 Å². The highest BCUT2D eigenvalue weighted by molar-refractivity contribution is 9.10. The van der Waals surface area contributed by atoms with Gasteiger partial charge in [-0.2, -0.15) is 0 Å². The zero-order valence-electron chi connectivity index (χ0n) is 12.8. The molecular weight excluding hydrogens is 346 g/mol. The van der Waals surface area contributed by atoms with E-state index in [-0.39, 0.29) is 0 Å². The number of anilines is 1. The molecule has 0 spiro atoms. The second kappa shape index (κ2) is 7.92. The minimum absolute atomic E-state index is 0.321. The van der Waals surface area contributed by atoms with Crippen molar-refractivity contribution in [3.05, 3.63) is 45.4 Å². The van der Waals surface area contributed by atoms with Crippen LogP contribution in [-0.4, -0.2) is 18.1 Å². The van der Waals surface area contributed by atoms with Gasteiger partial charge in [-0.15, -0.1) is 11.3 Å². The molecule has 2 aromatic rings. The SMILES string of the molecule is CCN(CC)c1ncc(CN[C@@H](C)c2cccc(Br)c2)s1. The molecule has 0 aliphatic heterocycles. The summed E-state index contributed by atoms with van der Waals surface area (Å²) in [6.45, 7) is 9.38. The molecular formula is C16H22BrN3S. The Kier molecular flexibility index (Phi) is 6.21. The Balaban J connectivity index is 1.94. The smallest absolute Gasteiger partial charge is 0.185 e. The number of halogens is 1. The number of rotatable bonds is 7. The summed E-state index contributed by atoms with van der Waals surface area (Å²) >= 11 is 5.29. The maximum atomic E-state index is 4.52. The van der Waals surface area contributed by atoms with Crippen LogP contribution in [0.1, 0.15) is 37.3 Å². The molecule has 0 amide bonds. The molecule has 0 radical (unpaired) electrons. The molecule has 1 N–H and O–H groups in total. The predicted molar refractivity (Wildman–Crippen MR) is 95.1 cm³/mol. The lowest BCUT2D eigenvalue weighted by Crippen LogP contribution is -2.21. The van der Waals surface area contributed by atoms with Crippen molar-refractivity contribution >= 4 is 32.4 Å². The number of nitrogens with zero attached hydrogens (tertiary/aromatic N) is 2. The van der Waals surface area contributed by atoms with Gasteiger partial charge in [0.05, 0.1) is 0 Å². The average molecular weight is 368 g/mol. The van der Waals surface area contributed by atoms with E-state index in [0.29, 0.717) is 6.04 Å². The molecule has 5 heteroatoms. The largest absolute Gasteiger partial charge is 0.349 e. The molecule has 114 valence electrons. The third kappa shape index (κ3) is 4.53. The lowest BCUT2D eigenvalue weighted by Gasteiger charge is -2.16. The Morgan fingerprint density at radius 3 is 2.76 bits per heavy atom. The van der Waals surface area contributed by atoms with Gasteiger partial charge in [-0.1, -0.05) is 28.1 Å². The Hall–Kier alpha value is -0.910. The fourth-order valence-corrected chi connectivity index (χ4v) is 3.57. The average Bonchev–Trinajstić information content (AvgIpc) is 2.95. The fraction of sp³-hybridized carbons (Fsp3) is 0.438. The summed E-state index contributed by atoms with van der Waals surface area (Å²) in [7, 11) is 0. The van der Waals surface area contributed by atoms with Crippen LogP contribution in [0.3, 0.4) is 0 Å². The Morgan fingerprint density at radius 1 is 1.33 bits per heavy atom. The molecule has 1 aromatic carbocycles. The van der Waals surface area contributed by atoms with Gasteiger partial charge in [0.1, 0.15) is 0 Å². The molecule has 0 aliphatic rings. The van der Waals surface area contributed by atoms with Crippen molar-refractivity contribution in [2.45, 2.75) is 33.4 Å². The third-order valence-electron chi connectivity index (χ3n) is 3.51. The Bertz CT molecular complexity index is 566. The second-order valence-electron chi connectivity index (χ2n) is 4.94. The minimum atomic E-state index is 0.321. The van der Waals surface area contributed by atoms with E-state index in [1.54, 1.807) is 11.3 Å². The first-order chi connectivity index (χ1) is 10.1. The molecule has 0 saturated carbocycles. The van der Waals surface area contributed by atoms with Gasteiger partial charge in [0.25, 0.3) is 0 Å². The van der Waals surface area contributed by atoms with E-state index < -0.39 is 0 Å². The summed E-state index contributed by atoms with van der Waals surface area (Å²) in [5.41, 5.74) is 1.29. The van der Waals surface area contributed by atoms with E-state index in [2.05, 4.69) is 76.2 Å². The summed E-state index contributed by atoms with van der Waals surface area (Å²) in [6.07, 6.45) is 1.99. The van der Waals surface area contributed by atoms with Gasteiger partial charge in [0, 0.05) is 41.2 Å². The minimum Gasteiger partial charge on any atom is -0.349 e. The van der Waals surface area contributed by atoms with Crippen molar-refractivity contribution in [1.82, 2.24) is 10.3 Å². The van der Waals surface area contributed by atoms with Gasteiger partial charge >= 0.3 is 0 Å². The summed E-state index contributed by atoms with van der Waals surface area (Å²) in [6, 6.07) is 8.75. The normalized spacial score (nSPS) is 12.4. The monoisotopic (exact) mass is 367 g/mol. The molecule has 1 atom stereocenters. The van der Waals surface area contributed by atoms with Crippen molar-refractivity contribution in [2.24, 2.45) is 0 Å². The fourth-order valence-electron chi connectivity index (χ4n) is 2.17. The standard InChI is InChI=1S/C16H22BrN3S/c1-4-20(5-2)16-19-11-15(21-16)10-18-12(3)13-7-6-8-14(17)9-13/h6-9,11-12,18H,4-5,10H2,1-3H3/t12-/m0/s1. The molecule has 1 heterocycles. The van der Waals surface area contributed by atoms with Gasteiger partial charge < -0.3 is 10.2 Å². The molecule has 0 saturated heterocycles. The lowest BCUT2D eigenvalue weighted by molar-refractivity contribution is 0.578. The zero-order chi connectivity index (χ0) is 15.2. The van der Waals surface area contributed by atoms with E-state index in [9.17, 15) is 0 Å². The van der Waals surface area contributed by atoms with Crippen LogP contribution in [0.2, 0.25) is 0 Å². The Morgan fingerprint density at radius 2 is 2.10 bits per heavy atom. The summed E-state index contributed by atoms with van der Waals surface area (Å²) in [5.74, 6) is 0. The van der Waals surface area contributed by atoms with Gasteiger partial charge in [-0.3, -0.25) is 0 Å². The number of aromatic nitrogens is 1. The van der Waals surface area contributed by atoms with Crippen LogP contribution in [0.15, 0.2) is 34.9 Å². The number of nitrogens with one attached hydrogen (secondary N) is 1. The molecule has 0 fully saturated rings. The summed E-state index contributed by atoms with van der Waals surface area (Å²) < 4.78 is 1.12. The van der Waals surface area contributed by atoms with Crippen molar-refractivity contribution in [3.8, 4) is 0 Å². The number of thiazole rings is 1. The van der Waals surface area contributed by atoms with E-state index >= 15 is 0 Å². The van der Waals surface area contributed by atoms with Gasteiger partial charge in [-0.25, -0.2) is 4.98 Å². The predicted octanol–water partition coefficient (Wildman–Crippen LogP) is 4.60. The highest BCUT2D eigenvalue weighted by Crippen LogP contribution is 2.23. The second-order valence-corrected chi connectivity index (χ2v) is 6.95. The van der Waals surface area contributed by atoms with Crippen LogP contribution in [-0.2, 0) is 6.54 Å². The molecule has 0 aliphatic carbocycles. The van der Waals surface area contributed by atoms with E-state index in [1.165, 1.54) is 10.4 Å². The molecule has 3 nitrogen and oxygen atoms in total. The molecule has 21 heavy (non-hydrogen) atoms. The number of hydrogen-bond acceptors (Lipinski definition) is 4. The first-order valence-corrected chi connectivity index (χ1v) is 8.93. The van der Waals surface area contributed by atoms with Crippen LogP contribution in [0, 0.1) is 0 Å². The number of hydrogen-bond donors (Lipinski definition) is 1. The maximum Gasteiger partial charge on any atom is 0.185 e. The highest BCUT2D eigenvalue weighted by atomic mass is 79.9. The van der Waals surface area contributed by atoms with E-state index in [0.717, 1.165) is 29.2 Å². The first-order valence-electron chi connectivity index (χ1n) is 7.32. The van der Waals surface area contributed by atoms with Gasteiger partial charge in [0.15, 0.2) is 5.13 Å². The van der Waals surface area contributed by atoms with Crippen LogP contribution in [0.25, 0.3) is 0 Å². The summed E-state index contributed by atoms with van der Waals surface area (Å²) in [5, 5.41) is 4.68. The maximum absolute atomic E-state index is 4.52. The van der Waals surface area contributed by atoms with Crippen molar-refractivity contribution < 1.29 is 0 Å². The van der Waals surface area contributed by atoms with Crippen LogP contribution < -0.4 is 10.2 Å². The number of benzene rings is 1. The summed E-state index contributed by atoms with van der Waals surface area (Å²) in [4.78, 5) is 8.08. The van der Waals surface area contributed by atoms with Crippen LogP contribution in [0.4, 0.5) is 5.13 Å². The topological polar surface area (TPSA) is 28.2 Å². The lowest BCUT2D eigenvalue weighted by atomic mass is 10.1. The quantitative estimate of drug-likeness (QED) is 0.774. The van der Waals surface area contributed by atoms with Gasteiger partial charge in [0.2, 0.25) is 0 Å². The third-order valence-corrected chi connectivity index (χ3v) is 5.06. The van der Waals surface area contributed by atoms with Crippen molar-refractivity contribution in [2.75, 3.05) is 18.0 Å². The van der Waals surface area contributed by atoms with Gasteiger partial charge in [-0.05, 0) is 38.5 Å². The van der Waals surface area contributed by atoms with Crippen molar-refractivity contribution in [3.63, 3.8) is 0 Å². The van der Waals surface area contributed by atoms with Crippen molar-refractivity contribution in [1.29, 1.82) is 0 Å². The van der Waals surface area contributed by atoms with E-state index in [1.807, 2.05) is 6.20 Å². The highest BCUT2D eigenvalue weighted by Gasteiger charge is 2.09.